The minimum absolute atomic E-state index is 0.0485. The van der Waals surface area contributed by atoms with Gasteiger partial charge in [0.2, 0.25) is 11.8 Å². The third-order valence-corrected chi connectivity index (χ3v) is 3.25. The van der Waals surface area contributed by atoms with Crippen LogP contribution in [0.15, 0.2) is 0 Å². The van der Waals surface area contributed by atoms with E-state index in [1.165, 1.54) is 0 Å². The van der Waals surface area contributed by atoms with E-state index in [9.17, 15) is 9.59 Å². The van der Waals surface area contributed by atoms with E-state index in [2.05, 4.69) is 15.5 Å². The monoisotopic (exact) mass is 270 g/mol. The number of hydrogen-bond acceptors (Lipinski definition) is 4. The van der Waals surface area contributed by atoms with Crippen molar-refractivity contribution < 1.29 is 9.59 Å². The summed E-state index contributed by atoms with van der Waals surface area (Å²) in [6, 6.07) is 0. The second-order valence-corrected chi connectivity index (χ2v) is 4.87. The van der Waals surface area contributed by atoms with Gasteiger partial charge in [0.05, 0.1) is 13.1 Å². The summed E-state index contributed by atoms with van der Waals surface area (Å²) in [5, 5.41) is 5.88. The Morgan fingerprint density at radius 1 is 1.32 bits per heavy atom. The molecular weight excluding hydrogens is 244 g/mol. The van der Waals surface area contributed by atoms with Crippen molar-refractivity contribution in [3.8, 4) is 0 Å². The van der Waals surface area contributed by atoms with Crippen LogP contribution in [0.1, 0.15) is 19.8 Å². The van der Waals surface area contributed by atoms with Crippen molar-refractivity contribution >= 4 is 11.8 Å². The van der Waals surface area contributed by atoms with Gasteiger partial charge in [0.15, 0.2) is 0 Å². The molecule has 1 fully saturated rings. The van der Waals surface area contributed by atoms with Gasteiger partial charge in [0.25, 0.3) is 0 Å². The van der Waals surface area contributed by atoms with Crippen molar-refractivity contribution in [2.24, 2.45) is 0 Å². The van der Waals surface area contributed by atoms with Crippen LogP contribution in [0, 0.1) is 0 Å². The summed E-state index contributed by atoms with van der Waals surface area (Å²) in [7, 11) is 1.59. The smallest absolute Gasteiger partial charge is 0.239 e. The first-order chi connectivity index (χ1) is 9.17. The maximum absolute atomic E-state index is 12.2. The first kappa shape index (κ1) is 15.9. The first-order valence-corrected chi connectivity index (χ1v) is 7.08. The van der Waals surface area contributed by atoms with Gasteiger partial charge in [-0.1, -0.05) is 6.92 Å². The van der Waals surface area contributed by atoms with Crippen LogP contribution in [0.3, 0.4) is 0 Å². The lowest BCUT2D eigenvalue weighted by molar-refractivity contribution is -0.136. The lowest BCUT2D eigenvalue weighted by Crippen LogP contribution is -2.45. The molecule has 2 N–H and O–H groups in total. The quantitative estimate of drug-likeness (QED) is 0.668. The Morgan fingerprint density at radius 3 is 2.79 bits per heavy atom. The second-order valence-electron chi connectivity index (χ2n) is 4.87. The molecule has 1 aliphatic rings. The summed E-state index contributed by atoms with van der Waals surface area (Å²) in [6.45, 7) is 7.01. The summed E-state index contributed by atoms with van der Waals surface area (Å²) in [6.07, 6.45) is 1.93. The van der Waals surface area contributed by atoms with Crippen LogP contribution in [0.5, 0.6) is 0 Å². The molecule has 0 unspecified atom stereocenters. The van der Waals surface area contributed by atoms with Crippen molar-refractivity contribution in [2.45, 2.75) is 19.8 Å². The fourth-order valence-electron chi connectivity index (χ4n) is 2.17. The maximum atomic E-state index is 12.2. The lowest BCUT2D eigenvalue weighted by Gasteiger charge is -2.25. The third-order valence-electron chi connectivity index (χ3n) is 3.25. The summed E-state index contributed by atoms with van der Waals surface area (Å²) in [5.74, 6) is -0.0633. The molecule has 0 aromatic carbocycles. The Hall–Kier alpha value is -1.14. The largest absolute Gasteiger partial charge is 0.358 e. The summed E-state index contributed by atoms with van der Waals surface area (Å²) < 4.78 is 0. The molecule has 1 rings (SSSR count). The van der Waals surface area contributed by atoms with Crippen LogP contribution >= 0.6 is 0 Å². The standard InChI is InChI=1S/C13H26N4O2/c1-3-7-17(10-12(18)14-2)13(19)11-16-8-4-5-15-6-9-16/h15H,3-11H2,1-2H3,(H,14,18). The fraction of sp³-hybridized carbons (Fsp3) is 0.846. The zero-order chi connectivity index (χ0) is 14.1. The van der Waals surface area contributed by atoms with Gasteiger partial charge < -0.3 is 15.5 Å². The van der Waals surface area contributed by atoms with Gasteiger partial charge in [-0.15, -0.1) is 0 Å². The first-order valence-electron chi connectivity index (χ1n) is 7.08. The van der Waals surface area contributed by atoms with Crippen LogP contribution in [0.25, 0.3) is 0 Å². The molecule has 0 radical (unpaired) electrons. The van der Waals surface area contributed by atoms with E-state index in [0.29, 0.717) is 13.1 Å². The van der Waals surface area contributed by atoms with Crippen LogP contribution < -0.4 is 10.6 Å². The van der Waals surface area contributed by atoms with Gasteiger partial charge in [0, 0.05) is 26.7 Å². The number of amides is 2. The fourth-order valence-corrected chi connectivity index (χ4v) is 2.17. The molecule has 0 spiro atoms. The molecule has 1 heterocycles. The van der Waals surface area contributed by atoms with Gasteiger partial charge in [0.1, 0.15) is 0 Å². The Balaban J connectivity index is 2.47. The van der Waals surface area contributed by atoms with Crippen molar-refractivity contribution in [3.05, 3.63) is 0 Å². The highest BCUT2D eigenvalue weighted by Crippen LogP contribution is 1.99. The Bertz CT molecular complexity index is 288. The van der Waals surface area contributed by atoms with E-state index >= 15 is 0 Å². The number of carbonyl (C=O) groups is 2. The molecule has 6 nitrogen and oxygen atoms in total. The zero-order valence-electron chi connectivity index (χ0n) is 12.1. The van der Waals surface area contributed by atoms with Crippen LogP contribution in [-0.2, 0) is 9.59 Å². The molecule has 110 valence electrons. The molecule has 0 bridgehead atoms. The number of nitrogens with one attached hydrogen (secondary N) is 2. The number of likely N-dealkylation sites (N-methyl/N-ethyl adjacent to an activating group) is 1. The van der Waals surface area contributed by atoms with Crippen LogP contribution in [0.2, 0.25) is 0 Å². The average Bonchev–Trinajstić information content (AvgIpc) is 2.66. The molecule has 0 atom stereocenters. The molecule has 0 aliphatic carbocycles. The molecule has 1 aliphatic heterocycles. The highest BCUT2D eigenvalue weighted by atomic mass is 16.2. The molecule has 1 saturated heterocycles. The van der Waals surface area contributed by atoms with Crippen molar-refractivity contribution in [1.29, 1.82) is 0 Å². The van der Waals surface area contributed by atoms with Crippen LogP contribution in [0.4, 0.5) is 0 Å². The summed E-state index contributed by atoms with van der Waals surface area (Å²) in [4.78, 5) is 27.5. The predicted octanol–water partition coefficient (Wildman–Crippen LogP) is -0.734. The Labute approximate surface area is 115 Å². The van der Waals surface area contributed by atoms with E-state index in [1.807, 2.05) is 6.92 Å². The van der Waals surface area contributed by atoms with E-state index in [1.54, 1.807) is 11.9 Å². The van der Waals surface area contributed by atoms with Gasteiger partial charge in [-0.25, -0.2) is 0 Å². The molecule has 6 heteroatoms. The van der Waals surface area contributed by atoms with E-state index in [4.69, 9.17) is 0 Å². The van der Waals surface area contributed by atoms with Crippen LogP contribution in [-0.4, -0.2) is 74.5 Å². The minimum Gasteiger partial charge on any atom is -0.358 e. The third kappa shape index (κ3) is 6.02. The number of nitrogens with zero attached hydrogens (tertiary/aromatic N) is 2. The summed E-state index contributed by atoms with van der Waals surface area (Å²) in [5.41, 5.74) is 0. The van der Waals surface area contributed by atoms with E-state index in [-0.39, 0.29) is 18.4 Å². The average molecular weight is 270 g/mol. The number of rotatable bonds is 6. The Kier molecular flexibility index (Phi) is 7.43. The Morgan fingerprint density at radius 2 is 2.11 bits per heavy atom. The van der Waals surface area contributed by atoms with Crippen molar-refractivity contribution in [1.82, 2.24) is 20.4 Å². The molecule has 0 aromatic rings. The maximum Gasteiger partial charge on any atom is 0.239 e. The van der Waals surface area contributed by atoms with Crippen molar-refractivity contribution in [3.63, 3.8) is 0 Å². The second kappa shape index (κ2) is 8.87. The van der Waals surface area contributed by atoms with E-state index in [0.717, 1.165) is 39.0 Å². The highest BCUT2D eigenvalue weighted by molar-refractivity contribution is 5.85. The normalized spacial score (nSPS) is 16.7. The lowest BCUT2D eigenvalue weighted by atomic mass is 10.3. The van der Waals surface area contributed by atoms with Gasteiger partial charge in [-0.3, -0.25) is 14.5 Å². The summed E-state index contributed by atoms with van der Waals surface area (Å²) >= 11 is 0. The SMILES string of the molecule is CCCN(CC(=O)NC)C(=O)CN1CCCNCC1. The number of carbonyl (C=O) groups excluding carboxylic acids is 2. The number of hydrogen-bond donors (Lipinski definition) is 2. The van der Waals surface area contributed by atoms with Gasteiger partial charge in [-0.05, 0) is 25.9 Å². The van der Waals surface area contributed by atoms with Crippen molar-refractivity contribution in [2.75, 3.05) is 52.9 Å². The molecule has 0 aromatic heterocycles. The van der Waals surface area contributed by atoms with E-state index < -0.39 is 0 Å². The molecule has 19 heavy (non-hydrogen) atoms. The molecule has 2 amide bonds. The zero-order valence-corrected chi connectivity index (χ0v) is 12.1. The highest BCUT2D eigenvalue weighted by Gasteiger charge is 2.19. The topological polar surface area (TPSA) is 64.7 Å². The molecule has 0 saturated carbocycles. The molecular formula is C13H26N4O2. The minimum atomic E-state index is -0.112. The van der Waals surface area contributed by atoms with Gasteiger partial charge >= 0.3 is 0 Å². The van der Waals surface area contributed by atoms with Gasteiger partial charge in [-0.2, -0.15) is 0 Å². The predicted molar refractivity (Wildman–Crippen MR) is 74.9 cm³/mol.